The Morgan fingerprint density at radius 1 is 1.50 bits per heavy atom. The number of para-hydroxylation sites is 1. The third kappa shape index (κ3) is 3.31. The molecule has 0 bridgehead atoms. The van der Waals surface area contributed by atoms with Crippen molar-refractivity contribution in [1.29, 1.82) is 0 Å². The van der Waals surface area contributed by atoms with Crippen LogP contribution in [0.1, 0.15) is 0 Å². The van der Waals surface area contributed by atoms with Crippen LogP contribution in [0.25, 0.3) is 5.53 Å². The highest BCUT2D eigenvalue weighted by molar-refractivity contribution is 6.30. The highest BCUT2D eigenvalue weighted by atomic mass is 16.5. The van der Waals surface area contributed by atoms with Crippen molar-refractivity contribution >= 4 is 17.8 Å². The van der Waals surface area contributed by atoms with Gasteiger partial charge in [0, 0.05) is 19.3 Å². The molecule has 16 heavy (non-hydrogen) atoms. The maximum atomic E-state index is 11.6. The summed E-state index contributed by atoms with van der Waals surface area (Å²) in [5, 5.41) is 0. The summed E-state index contributed by atoms with van der Waals surface area (Å²) in [6.07, 6.45) is 0.864. The Morgan fingerprint density at radius 3 is 2.75 bits per heavy atom. The van der Waals surface area contributed by atoms with Gasteiger partial charge in [0.15, 0.2) is 0 Å². The van der Waals surface area contributed by atoms with Gasteiger partial charge in [0.25, 0.3) is 0 Å². The largest absolute Gasteiger partial charge is 0.383 e. The summed E-state index contributed by atoms with van der Waals surface area (Å²) in [7, 11) is 1.56. The number of methoxy groups -OCH3 is 1. The van der Waals surface area contributed by atoms with Crippen LogP contribution in [-0.4, -0.2) is 37.2 Å². The number of amides is 1. The van der Waals surface area contributed by atoms with Crippen LogP contribution >= 0.6 is 0 Å². The number of hydrogen-bond donors (Lipinski definition) is 0. The van der Waals surface area contributed by atoms with E-state index in [9.17, 15) is 4.79 Å². The fourth-order valence-corrected chi connectivity index (χ4v) is 1.28. The zero-order valence-electron chi connectivity index (χ0n) is 9.04. The molecule has 1 amide bonds. The quantitative estimate of drug-likeness (QED) is 0.420. The summed E-state index contributed by atoms with van der Waals surface area (Å²) in [5.74, 6) is -0.384. The maximum absolute atomic E-state index is 11.6. The van der Waals surface area contributed by atoms with Gasteiger partial charge in [-0.25, -0.2) is 0 Å². The number of carbonyl (C=O) groups excluding carboxylic acids is 1. The Hall–Kier alpha value is -1.97. The molecule has 1 aromatic rings. The van der Waals surface area contributed by atoms with E-state index in [1.54, 1.807) is 19.2 Å². The second-order valence-corrected chi connectivity index (χ2v) is 3.06. The zero-order chi connectivity index (χ0) is 11.8. The fourth-order valence-electron chi connectivity index (χ4n) is 1.28. The van der Waals surface area contributed by atoms with Gasteiger partial charge >= 0.3 is 12.1 Å². The Bertz CT molecular complexity index is 385. The van der Waals surface area contributed by atoms with Crippen LogP contribution in [-0.2, 0) is 9.53 Å². The highest BCUT2D eigenvalue weighted by Gasteiger charge is 2.16. The first-order chi connectivity index (χ1) is 7.79. The van der Waals surface area contributed by atoms with Crippen LogP contribution in [0.4, 0.5) is 5.69 Å². The minimum atomic E-state index is -0.384. The first-order valence-corrected chi connectivity index (χ1v) is 4.82. The monoisotopic (exact) mass is 219 g/mol. The van der Waals surface area contributed by atoms with Gasteiger partial charge in [-0.2, -0.15) is 4.79 Å². The van der Waals surface area contributed by atoms with E-state index in [0.29, 0.717) is 13.2 Å². The average Bonchev–Trinajstić information content (AvgIpc) is 2.31. The summed E-state index contributed by atoms with van der Waals surface area (Å²) in [5.41, 5.74) is 9.09. The zero-order valence-corrected chi connectivity index (χ0v) is 9.04. The molecule has 0 radical (unpaired) electrons. The number of carbonyl (C=O) groups is 1. The average molecular weight is 219 g/mol. The lowest BCUT2D eigenvalue weighted by Gasteiger charge is -2.18. The van der Waals surface area contributed by atoms with E-state index in [1.807, 2.05) is 18.2 Å². The molecule has 0 aliphatic heterocycles. The van der Waals surface area contributed by atoms with Crippen molar-refractivity contribution in [1.82, 2.24) is 0 Å². The van der Waals surface area contributed by atoms with E-state index >= 15 is 0 Å². The Kier molecular flexibility index (Phi) is 4.92. The predicted octanol–water partition coefficient (Wildman–Crippen LogP) is 0.967. The normalized spacial score (nSPS) is 9.31. The van der Waals surface area contributed by atoms with Crippen LogP contribution in [0, 0.1) is 0 Å². The third-order valence-electron chi connectivity index (χ3n) is 2.02. The SMILES string of the molecule is COCCN(C(=O)C=[N+]=[N-])c1ccccc1. The molecule has 1 aromatic carbocycles. The highest BCUT2D eigenvalue weighted by Crippen LogP contribution is 2.12. The number of benzene rings is 1. The number of rotatable bonds is 5. The maximum Gasteiger partial charge on any atom is 0.345 e. The summed E-state index contributed by atoms with van der Waals surface area (Å²) < 4.78 is 4.92. The van der Waals surface area contributed by atoms with Crippen molar-refractivity contribution in [2.45, 2.75) is 0 Å². The van der Waals surface area contributed by atoms with E-state index in [2.05, 4.69) is 4.79 Å². The van der Waals surface area contributed by atoms with Crippen molar-refractivity contribution in [3.63, 3.8) is 0 Å². The number of anilines is 1. The molecule has 5 nitrogen and oxygen atoms in total. The minimum Gasteiger partial charge on any atom is -0.383 e. The van der Waals surface area contributed by atoms with Crippen molar-refractivity contribution in [3.8, 4) is 0 Å². The van der Waals surface area contributed by atoms with E-state index in [-0.39, 0.29) is 5.91 Å². The van der Waals surface area contributed by atoms with Gasteiger partial charge < -0.3 is 15.2 Å². The smallest absolute Gasteiger partial charge is 0.345 e. The molecule has 0 unspecified atom stereocenters. The predicted molar refractivity (Wildman–Crippen MR) is 60.4 cm³/mol. The van der Waals surface area contributed by atoms with Gasteiger partial charge in [0.05, 0.1) is 6.61 Å². The molecule has 0 N–H and O–H groups in total. The Morgan fingerprint density at radius 2 is 2.19 bits per heavy atom. The van der Waals surface area contributed by atoms with Crippen LogP contribution in [0.3, 0.4) is 0 Å². The van der Waals surface area contributed by atoms with Crippen molar-refractivity contribution in [2.75, 3.05) is 25.2 Å². The molecule has 0 aliphatic rings. The lowest BCUT2D eigenvalue weighted by molar-refractivity contribution is -0.115. The molecule has 0 atom stereocenters. The van der Waals surface area contributed by atoms with Gasteiger partial charge in [-0.3, -0.25) is 4.79 Å². The van der Waals surface area contributed by atoms with E-state index in [0.717, 1.165) is 11.9 Å². The number of ether oxygens (including phenoxy) is 1. The van der Waals surface area contributed by atoms with Crippen molar-refractivity contribution in [2.24, 2.45) is 0 Å². The summed E-state index contributed by atoms with van der Waals surface area (Å²) in [6, 6.07) is 9.14. The third-order valence-corrected chi connectivity index (χ3v) is 2.02. The van der Waals surface area contributed by atoms with Crippen molar-refractivity contribution in [3.05, 3.63) is 35.9 Å². The molecule has 84 valence electrons. The van der Waals surface area contributed by atoms with E-state index in [4.69, 9.17) is 10.3 Å². The van der Waals surface area contributed by atoms with Gasteiger partial charge in [-0.15, -0.1) is 0 Å². The molecule has 1 rings (SSSR count). The summed E-state index contributed by atoms with van der Waals surface area (Å²) >= 11 is 0. The fraction of sp³-hybridized carbons (Fsp3) is 0.273. The number of nitrogens with zero attached hydrogens (tertiary/aromatic N) is 3. The molecule has 0 saturated heterocycles. The van der Waals surface area contributed by atoms with Crippen LogP contribution in [0.15, 0.2) is 30.3 Å². The lowest BCUT2D eigenvalue weighted by Crippen LogP contribution is -2.34. The first-order valence-electron chi connectivity index (χ1n) is 4.82. The van der Waals surface area contributed by atoms with E-state index in [1.165, 1.54) is 4.90 Å². The number of hydrogen-bond acceptors (Lipinski definition) is 2. The summed E-state index contributed by atoms with van der Waals surface area (Å²) in [6.45, 7) is 0.825. The Labute approximate surface area is 93.9 Å². The Balaban J connectivity index is 2.87. The second-order valence-electron chi connectivity index (χ2n) is 3.06. The van der Waals surface area contributed by atoms with Crippen LogP contribution in [0.2, 0.25) is 0 Å². The molecule has 0 saturated carbocycles. The standard InChI is InChI=1S/C11H13N3O2/c1-16-8-7-14(11(15)9-13-12)10-5-3-2-4-6-10/h2-6,9H,7-8H2,1H3. The molecule has 0 aliphatic carbocycles. The van der Waals surface area contributed by atoms with Crippen molar-refractivity contribution < 1.29 is 14.3 Å². The first kappa shape index (κ1) is 12.1. The van der Waals surface area contributed by atoms with Gasteiger partial charge in [-0.05, 0) is 12.1 Å². The van der Waals surface area contributed by atoms with Gasteiger partial charge in [0.2, 0.25) is 0 Å². The van der Waals surface area contributed by atoms with Gasteiger partial charge in [-0.1, -0.05) is 18.2 Å². The molecule has 0 fully saturated rings. The molecular weight excluding hydrogens is 206 g/mol. The molecule has 0 heterocycles. The molecule has 0 aromatic heterocycles. The molecule has 0 spiro atoms. The molecule has 5 heteroatoms. The van der Waals surface area contributed by atoms with Crippen LogP contribution < -0.4 is 4.90 Å². The lowest BCUT2D eigenvalue weighted by atomic mass is 10.3. The summed E-state index contributed by atoms with van der Waals surface area (Å²) in [4.78, 5) is 15.8. The molecular formula is C11H13N3O2. The minimum absolute atomic E-state index is 0.384. The van der Waals surface area contributed by atoms with Gasteiger partial charge in [0.1, 0.15) is 0 Å². The second kappa shape index (κ2) is 6.50. The topological polar surface area (TPSA) is 65.9 Å². The van der Waals surface area contributed by atoms with Crippen LogP contribution in [0.5, 0.6) is 0 Å². The van der Waals surface area contributed by atoms with E-state index < -0.39 is 0 Å².